The minimum atomic E-state index is -0.406. The molecular formula is C16H17FN6O. The van der Waals surface area contributed by atoms with E-state index in [1.165, 1.54) is 6.07 Å². The van der Waals surface area contributed by atoms with Crippen LogP contribution in [0.15, 0.2) is 30.5 Å². The van der Waals surface area contributed by atoms with Gasteiger partial charge in [-0.3, -0.25) is 5.10 Å². The van der Waals surface area contributed by atoms with Crippen LogP contribution >= 0.6 is 0 Å². The number of halogens is 1. The lowest BCUT2D eigenvalue weighted by Crippen LogP contribution is -2.46. The number of pyridine rings is 2. The molecule has 7 nitrogen and oxygen atoms in total. The van der Waals surface area contributed by atoms with Gasteiger partial charge in [-0.1, -0.05) is 0 Å². The molecule has 1 aliphatic heterocycles. The van der Waals surface area contributed by atoms with Crippen LogP contribution in [0.2, 0.25) is 0 Å². The summed E-state index contributed by atoms with van der Waals surface area (Å²) in [7, 11) is 0. The van der Waals surface area contributed by atoms with Crippen molar-refractivity contribution >= 4 is 16.9 Å². The molecule has 3 aromatic heterocycles. The van der Waals surface area contributed by atoms with Crippen LogP contribution in [0, 0.1) is 5.82 Å². The third kappa shape index (κ3) is 2.59. The van der Waals surface area contributed by atoms with Gasteiger partial charge in [-0.2, -0.15) is 5.10 Å². The fraction of sp³-hybridized carbons (Fsp3) is 0.312. The number of morpholine rings is 1. The second-order valence-corrected chi connectivity index (χ2v) is 5.65. The third-order valence-electron chi connectivity index (χ3n) is 4.12. The molecule has 4 heterocycles. The van der Waals surface area contributed by atoms with Crippen molar-refractivity contribution in [2.24, 2.45) is 5.73 Å². The highest BCUT2D eigenvalue weighted by Gasteiger charge is 2.22. The molecule has 0 amide bonds. The molecule has 1 aliphatic rings. The van der Waals surface area contributed by atoms with E-state index in [4.69, 9.17) is 10.5 Å². The first-order chi connectivity index (χ1) is 11.8. The van der Waals surface area contributed by atoms with Gasteiger partial charge in [-0.15, -0.1) is 0 Å². The molecule has 124 valence electrons. The first-order valence-corrected chi connectivity index (χ1v) is 7.79. The third-order valence-corrected chi connectivity index (χ3v) is 4.12. The molecule has 0 aromatic carbocycles. The molecule has 1 unspecified atom stereocenters. The Labute approximate surface area is 137 Å². The van der Waals surface area contributed by atoms with E-state index in [1.807, 2.05) is 6.07 Å². The summed E-state index contributed by atoms with van der Waals surface area (Å²) in [6, 6.07) is 6.73. The number of nitrogens with zero attached hydrogens (tertiary/aromatic N) is 4. The standard InChI is InChI=1S/C16H17FN6O/c17-12-3-4-13(23-6-7-24-10(8-18)9-23)20-15(12)14-11-2-1-5-19-16(11)22-21-14/h1-5,10H,6-9,18H2,(H,19,21,22). The highest BCUT2D eigenvalue weighted by molar-refractivity contribution is 5.89. The van der Waals surface area contributed by atoms with Crippen molar-refractivity contribution in [2.75, 3.05) is 31.1 Å². The maximum Gasteiger partial charge on any atom is 0.181 e. The Morgan fingerprint density at radius 3 is 3.17 bits per heavy atom. The topological polar surface area (TPSA) is 93.0 Å². The molecule has 4 rings (SSSR count). The lowest BCUT2D eigenvalue weighted by atomic mass is 10.2. The summed E-state index contributed by atoms with van der Waals surface area (Å²) < 4.78 is 19.9. The molecule has 0 aliphatic carbocycles. The number of anilines is 1. The molecule has 0 radical (unpaired) electrons. The molecule has 0 bridgehead atoms. The Morgan fingerprint density at radius 2 is 2.29 bits per heavy atom. The van der Waals surface area contributed by atoms with Gasteiger partial charge in [-0.05, 0) is 24.3 Å². The number of aromatic amines is 1. The van der Waals surface area contributed by atoms with E-state index in [0.717, 1.165) is 5.39 Å². The van der Waals surface area contributed by atoms with Crippen LogP contribution < -0.4 is 10.6 Å². The van der Waals surface area contributed by atoms with Gasteiger partial charge in [-0.25, -0.2) is 14.4 Å². The molecule has 0 saturated carbocycles. The largest absolute Gasteiger partial charge is 0.373 e. The highest BCUT2D eigenvalue weighted by atomic mass is 19.1. The van der Waals surface area contributed by atoms with Crippen molar-refractivity contribution < 1.29 is 9.13 Å². The maximum atomic E-state index is 14.4. The Morgan fingerprint density at radius 1 is 1.38 bits per heavy atom. The fourth-order valence-corrected chi connectivity index (χ4v) is 2.88. The molecule has 1 saturated heterocycles. The average molecular weight is 328 g/mol. The zero-order valence-electron chi connectivity index (χ0n) is 12.9. The summed E-state index contributed by atoms with van der Waals surface area (Å²) in [5.41, 5.74) is 6.98. The Balaban J connectivity index is 1.74. The van der Waals surface area contributed by atoms with Gasteiger partial charge in [0.2, 0.25) is 0 Å². The van der Waals surface area contributed by atoms with Crippen molar-refractivity contribution in [3.63, 3.8) is 0 Å². The molecule has 1 atom stereocenters. The second kappa shape index (κ2) is 6.14. The first-order valence-electron chi connectivity index (χ1n) is 7.79. The molecular weight excluding hydrogens is 311 g/mol. The second-order valence-electron chi connectivity index (χ2n) is 5.65. The van der Waals surface area contributed by atoms with Crippen LogP contribution in [0.25, 0.3) is 22.4 Å². The zero-order valence-corrected chi connectivity index (χ0v) is 12.9. The highest BCUT2D eigenvalue weighted by Crippen LogP contribution is 2.28. The van der Waals surface area contributed by atoms with Gasteiger partial charge >= 0.3 is 0 Å². The predicted octanol–water partition coefficient (Wildman–Crippen LogP) is 1.32. The zero-order chi connectivity index (χ0) is 16.5. The number of ether oxygens (including phenoxy) is 1. The molecule has 3 N–H and O–H groups in total. The van der Waals surface area contributed by atoms with E-state index in [1.54, 1.807) is 18.3 Å². The van der Waals surface area contributed by atoms with Gasteiger partial charge in [0.25, 0.3) is 0 Å². The molecule has 24 heavy (non-hydrogen) atoms. The van der Waals surface area contributed by atoms with Crippen LogP contribution in [0.3, 0.4) is 0 Å². The molecule has 1 fully saturated rings. The maximum absolute atomic E-state index is 14.4. The number of nitrogens with two attached hydrogens (primary N) is 1. The lowest BCUT2D eigenvalue weighted by Gasteiger charge is -2.33. The Hall–Kier alpha value is -2.58. The molecule has 0 spiro atoms. The van der Waals surface area contributed by atoms with Gasteiger partial charge in [0, 0.05) is 31.2 Å². The summed E-state index contributed by atoms with van der Waals surface area (Å²) in [6.45, 7) is 2.36. The van der Waals surface area contributed by atoms with E-state index < -0.39 is 5.82 Å². The number of aromatic nitrogens is 4. The first kappa shape index (κ1) is 15.0. The van der Waals surface area contributed by atoms with E-state index in [-0.39, 0.29) is 11.8 Å². The smallest absolute Gasteiger partial charge is 0.181 e. The average Bonchev–Trinajstić information content (AvgIpc) is 3.06. The number of nitrogens with one attached hydrogen (secondary N) is 1. The van der Waals surface area contributed by atoms with Crippen molar-refractivity contribution in [3.05, 3.63) is 36.3 Å². The predicted molar refractivity (Wildman–Crippen MR) is 88.1 cm³/mol. The van der Waals surface area contributed by atoms with Gasteiger partial charge in [0.05, 0.1) is 18.4 Å². The number of fused-ring (bicyclic) bond motifs is 1. The normalized spacial score (nSPS) is 18.2. The molecule has 3 aromatic rings. The quantitative estimate of drug-likeness (QED) is 0.753. The lowest BCUT2D eigenvalue weighted by molar-refractivity contribution is 0.0463. The number of rotatable bonds is 3. The Bertz CT molecular complexity index is 867. The van der Waals surface area contributed by atoms with Crippen LogP contribution in [-0.2, 0) is 4.74 Å². The van der Waals surface area contributed by atoms with Gasteiger partial charge in [0.15, 0.2) is 11.5 Å². The van der Waals surface area contributed by atoms with Crippen LogP contribution in [-0.4, -0.2) is 52.5 Å². The van der Waals surface area contributed by atoms with Crippen molar-refractivity contribution in [3.8, 4) is 11.4 Å². The van der Waals surface area contributed by atoms with E-state index >= 15 is 0 Å². The van der Waals surface area contributed by atoms with Crippen molar-refractivity contribution in [2.45, 2.75) is 6.10 Å². The summed E-state index contributed by atoms with van der Waals surface area (Å²) in [4.78, 5) is 10.7. The SMILES string of the molecule is NCC1CN(c2ccc(F)c(-c3[nH]nc4ncccc34)n2)CCO1. The van der Waals surface area contributed by atoms with E-state index in [2.05, 4.69) is 25.1 Å². The monoisotopic (exact) mass is 328 g/mol. The summed E-state index contributed by atoms with van der Waals surface area (Å²) in [6.07, 6.45) is 1.61. The van der Waals surface area contributed by atoms with Crippen LogP contribution in [0.4, 0.5) is 10.2 Å². The minimum absolute atomic E-state index is 0.0359. The Kier molecular flexibility index (Phi) is 3.83. The van der Waals surface area contributed by atoms with Crippen LogP contribution in [0.5, 0.6) is 0 Å². The van der Waals surface area contributed by atoms with Crippen molar-refractivity contribution in [1.29, 1.82) is 0 Å². The number of H-pyrrole nitrogens is 1. The van der Waals surface area contributed by atoms with Gasteiger partial charge < -0.3 is 15.4 Å². The summed E-state index contributed by atoms with van der Waals surface area (Å²) in [5.74, 6) is 0.288. The van der Waals surface area contributed by atoms with E-state index in [0.29, 0.717) is 43.4 Å². The van der Waals surface area contributed by atoms with E-state index in [9.17, 15) is 4.39 Å². The molecule has 8 heteroatoms. The minimum Gasteiger partial charge on any atom is -0.373 e. The number of hydrogen-bond acceptors (Lipinski definition) is 6. The summed E-state index contributed by atoms with van der Waals surface area (Å²) >= 11 is 0. The number of hydrogen-bond donors (Lipinski definition) is 2. The van der Waals surface area contributed by atoms with Crippen LogP contribution in [0.1, 0.15) is 0 Å². The van der Waals surface area contributed by atoms with Gasteiger partial charge in [0.1, 0.15) is 11.5 Å². The van der Waals surface area contributed by atoms with Crippen molar-refractivity contribution in [1.82, 2.24) is 20.2 Å². The summed E-state index contributed by atoms with van der Waals surface area (Å²) in [5, 5.41) is 7.69. The fourth-order valence-electron chi connectivity index (χ4n) is 2.88.